The van der Waals surface area contributed by atoms with Gasteiger partial charge < -0.3 is 4.90 Å². The highest BCUT2D eigenvalue weighted by atomic mass is 32.1. The van der Waals surface area contributed by atoms with Crippen molar-refractivity contribution in [3.05, 3.63) is 89.6 Å². The van der Waals surface area contributed by atoms with E-state index < -0.39 is 0 Å². The summed E-state index contributed by atoms with van der Waals surface area (Å²) >= 11 is 1.72. The monoisotopic (exact) mass is 301 g/mol. The van der Waals surface area contributed by atoms with Gasteiger partial charge in [-0.1, -0.05) is 54.6 Å². The van der Waals surface area contributed by atoms with Crippen LogP contribution in [0.5, 0.6) is 0 Å². The second-order valence-corrected chi connectivity index (χ2v) is 5.93. The van der Waals surface area contributed by atoms with Gasteiger partial charge in [0.2, 0.25) is 0 Å². The lowest BCUT2D eigenvalue weighted by Crippen LogP contribution is -2.09. The van der Waals surface area contributed by atoms with Crippen molar-refractivity contribution in [1.82, 2.24) is 0 Å². The molecule has 0 amide bonds. The van der Waals surface area contributed by atoms with E-state index in [0.29, 0.717) is 0 Å². The second-order valence-electron chi connectivity index (χ2n) is 5.15. The number of hydrogen-bond acceptors (Lipinski definition) is 2. The highest BCUT2D eigenvalue weighted by Crippen LogP contribution is 2.39. The minimum atomic E-state index is 1.18. The summed E-state index contributed by atoms with van der Waals surface area (Å²) in [7, 11) is 0. The summed E-state index contributed by atoms with van der Waals surface area (Å²) in [6, 6.07) is 27.7. The number of nitrogens with zero attached hydrogens (tertiary/aromatic N) is 1. The molecule has 0 aliphatic heterocycles. The summed E-state index contributed by atoms with van der Waals surface area (Å²) in [6.07, 6.45) is 0. The minimum Gasteiger partial charge on any atom is -0.309 e. The molecule has 22 heavy (non-hydrogen) atoms. The van der Waals surface area contributed by atoms with Gasteiger partial charge in [-0.05, 0) is 35.0 Å². The number of fused-ring (bicyclic) bond motifs is 1. The molecule has 2 heteroatoms. The standard InChI is InChI=1S/C20H15NS/c1-2-9-17(10-3-1)21(18-13-14-22-15-18)20-12-6-8-16-7-4-5-11-19(16)20/h1-15H. The number of para-hydroxylation sites is 1. The number of rotatable bonds is 3. The zero-order chi connectivity index (χ0) is 14.8. The Kier molecular flexibility index (Phi) is 3.37. The fourth-order valence-electron chi connectivity index (χ4n) is 2.79. The third-order valence-corrected chi connectivity index (χ3v) is 4.46. The van der Waals surface area contributed by atoms with Crippen molar-refractivity contribution in [2.45, 2.75) is 0 Å². The van der Waals surface area contributed by atoms with Gasteiger partial charge in [-0.25, -0.2) is 0 Å². The average molecular weight is 301 g/mol. The molecule has 0 aliphatic rings. The van der Waals surface area contributed by atoms with Gasteiger partial charge in [0.1, 0.15) is 0 Å². The Bertz CT molecular complexity index is 877. The molecule has 0 aliphatic carbocycles. The van der Waals surface area contributed by atoms with E-state index in [0.717, 1.165) is 0 Å². The Morgan fingerprint density at radius 3 is 2.23 bits per heavy atom. The molecule has 0 saturated heterocycles. The number of thiophene rings is 1. The molecule has 0 N–H and O–H groups in total. The smallest absolute Gasteiger partial charge is 0.0568 e. The summed E-state index contributed by atoms with van der Waals surface area (Å²) in [6.45, 7) is 0. The molecule has 0 atom stereocenters. The minimum absolute atomic E-state index is 1.18. The fraction of sp³-hybridized carbons (Fsp3) is 0. The Morgan fingerprint density at radius 2 is 1.41 bits per heavy atom. The van der Waals surface area contributed by atoms with Crippen LogP contribution in [0.25, 0.3) is 10.8 Å². The van der Waals surface area contributed by atoms with E-state index in [-0.39, 0.29) is 0 Å². The van der Waals surface area contributed by atoms with Crippen molar-refractivity contribution >= 4 is 39.2 Å². The summed E-state index contributed by atoms with van der Waals surface area (Å²) in [5.41, 5.74) is 3.59. The third-order valence-electron chi connectivity index (χ3n) is 3.79. The van der Waals surface area contributed by atoms with Crippen LogP contribution in [-0.2, 0) is 0 Å². The van der Waals surface area contributed by atoms with E-state index >= 15 is 0 Å². The predicted octanol–water partition coefficient (Wildman–Crippen LogP) is 6.37. The lowest BCUT2D eigenvalue weighted by molar-refractivity contribution is 1.31. The number of hydrogen-bond donors (Lipinski definition) is 0. The number of benzene rings is 3. The molecule has 0 fully saturated rings. The molecule has 3 aromatic carbocycles. The van der Waals surface area contributed by atoms with Gasteiger partial charge in [0.25, 0.3) is 0 Å². The maximum Gasteiger partial charge on any atom is 0.0568 e. The first-order valence-corrected chi connectivity index (χ1v) is 8.23. The summed E-state index contributed by atoms with van der Waals surface area (Å²) in [5, 5.41) is 6.83. The van der Waals surface area contributed by atoms with E-state index in [1.807, 2.05) is 0 Å². The first kappa shape index (κ1) is 13.1. The maximum atomic E-state index is 2.32. The van der Waals surface area contributed by atoms with Crippen LogP contribution < -0.4 is 4.90 Å². The van der Waals surface area contributed by atoms with Crippen molar-refractivity contribution < 1.29 is 0 Å². The first-order chi connectivity index (χ1) is 10.9. The lowest BCUT2D eigenvalue weighted by atomic mass is 10.1. The highest BCUT2D eigenvalue weighted by Gasteiger charge is 2.14. The van der Waals surface area contributed by atoms with Crippen molar-refractivity contribution in [3.8, 4) is 0 Å². The first-order valence-electron chi connectivity index (χ1n) is 7.28. The van der Waals surface area contributed by atoms with E-state index in [1.165, 1.54) is 27.8 Å². The van der Waals surface area contributed by atoms with Crippen molar-refractivity contribution in [1.29, 1.82) is 0 Å². The number of anilines is 3. The molecule has 4 rings (SSSR count). The van der Waals surface area contributed by atoms with Crippen molar-refractivity contribution in [3.63, 3.8) is 0 Å². The van der Waals surface area contributed by atoms with Crippen LogP contribution in [0.3, 0.4) is 0 Å². The Balaban J connectivity index is 1.98. The van der Waals surface area contributed by atoms with Gasteiger partial charge in [-0.3, -0.25) is 0 Å². The zero-order valence-corrected chi connectivity index (χ0v) is 12.8. The van der Waals surface area contributed by atoms with E-state index in [2.05, 4.69) is 94.5 Å². The van der Waals surface area contributed by atoms with Crippen LogP contribution in [0.15, 0.2) is 89.6 Å². The second kappa shape index (κ2) is 5.66. The van der Waals surface area contributed by atoms with Crippen LogP contribution in [0, 0.1) is 0 Å². The van der Waals surface area contributed by atoms with Crippen LogP contribution >= 0.6 is 11.3 Å². The topological polar surface area (TPSA) is 3.24 Å². The molecule has 0 unspecified atom stereocenters. The molecular formula is C20H15NS. The lowest BCUT2D eigenvalue weighted by Gasteiger charge is -2.25. The maximum absolute atomic E-state index is 2.32. The zero-order valence-electron chi connectivity index (χ0n) is 12.0. The van der Waals surface area contributed by atoms with Crippen molar-refractivity contribution in [2.75, 3.05) is 4.90 Å². The van der Waals surface area contributed by atoms with E-state index in [4.69, 9.17) is 0 Å². The van der Waals surface area contributed by atoms with E-state index in [1.54, 1.807) is 11.3 Å². The quantitative estimate of drug-likeness (QED) is 0.425. The molecule has 0 saturated carbocycles. The molecule has 0 radical (unpaired) electrons. The molecule has 1 heterocycles. The SMILES string of the molecule is c1ccc(N(c2ccsc2)c2cccc3ccccc23)cc1. The highest BCUT2D eigenvalue weighted by molar-refractivity contribution is 7.08. The van der Waals surface area contributed by atoms with Gasteiger partial charge >= 0.3 is 0 Å². The van der Waals surface area contributed by atoms with Crippen LogP contribution in [0.4, 0.5) is 17.1 Å². The molecule has 0 spiro atoms. The Labute approximate surface area is 134 Å². The van der Waals surface area contributed by atoms with Crippen molar-refractivity contribution in [2.24, 2.45) is 0 Å². The van der Waals surface area contributed by atoms with Crippen LogP contribution in [0.1, 0.15) is 0 Å². The van der Waals surface area contributed by atoms with Crippen LogP contribution in [0.2, 0.25) is 0 Å². The molecule has 106 valence electrons. The normalized spacial score (nSPS) is 10.7. The molecule has 1 aromatic heterocycles. The van der Waals surface area contributed by atoms with Gasteiger partial charge in [-0.2, -0.15) is 11.3 Å². The van der Waals surface area contributed by atoms with Gasteiger partial charge in [-0.15, -0.1) is 0 Å². The molecule has 0 bridgehead atoms. The molecular weight excluding hydrogens is 286 g/mol. The molecule has 1 nitrogen and oxygen atoms in total. The van der Waals surface area contributed by atoms with Gasteiger partial charge in [0.15, 0.2) is 0 Å². The van der Waals surface area contributed by atoms with Crippen LogP contribution in [-0.4, -0.2) is 0 Å². The Morgan fingerprint density at radius 1 is 0.636 bits per heavy atom. The van der Waals surface area contributed by atoms with E-state index in [9.17, 15) is 0 Å². The third kappa shape index (κ3) is 2.28. The Hall–Kier alpha value is -2.58. The molecule has 4 aromatic rings. The summed E-state index contributed by atoms with van der Waals surface area (Å²) in [4.78, 5) is 2.32. The predicted molar refractivity (Wildman–Crippen MR) is 96.5 cm³/mol. The van der Waals surface area contributed by atoms with Gasteiger partial charge in [0.05, 0.1) is 11.4 Å². The summed E-state index contributed by atoms with van der Waals surface area (Å²) < 4.78 is 0. The van der Waals surface area contributed by atoms with Gasteiger partial charge in [0, 0.05) is 16.5 Å². The largest absolute Gasteiger partial charge is 0.309 e. The fourth-order valence-corrected chi connectivity index (χ4v) is 3.41. The summed E-state index contributed by atoms with van der Waals surface area (Å²) in [5.74, 6) is 0. The average Bonchev–Trinajstić information content (AvgIpc) is 3.11.